The van der Waals surface area contributed by atoms with Gasteiger partial charge in [0.15, 0.2) is 0 Å². The maximum atomic E-state index is 9.75. The SMILES string of the molecule is C=C=C(C)C.C=COC(C)=O. The van der Waals surface area contributed by atoms with Gasteiger partial charge >= 0.3 is 5.97 Å². The lowest BCUT2D eigenvalue weighted by molar-refractivity contribution is -0.135. The Morgan fingerprint density at radius 1 is 1.45 bits per heavy atom. The van der Waals surface area contributed by atoms with Crippen molar-refractivity contribution in [3.63, 3.8) is 0 Å². The highest BCUT2D eigenvalue weighted by molar-refractivity contribution is 5.66. The van der Waals surface area contributed by atoms with E-state index in [1.165, 1.54) is 6.92 Å². The summed E-state index contributed by atoms with van der Waals surface area (Å²) >= 11 is 0. The quantitative estimate of drug-likeness (QED) is 0.329. The Bertz CT molecular complexity index is 170. The van der Waals surface area contributed by atoms with Crippen LogP contribution in [0.25, 0.3) is 0 Å². The van der Waals surface area contributed by atoms with Crippen LogP contribution in [0.15, 0.2) is 30.7 Å². The summed E-state index contributed by atoms with van der Waals surface area (Å²) in [5.41, 5.74) is 3.84. The minimum absolute atomic E-state index is 0.329. The molecule has 0 aromatic rings. The molecule has 0 rings (SSSR count). The van der Waals surface area contributed by atoms with Gasteiger partial charge in [-0.05, 0) is 19.4 Å². The highest BCUT2D eigenvalue weighted by atomic mass is 16.5. The summed E-state index contributed by atoms with van der Waals surface area (Å²) in [5.74, 6) is -0.329. The second-order valence-electron chi connectivity index (χ2n) is 1.95. The van der Waals surface area contributed by atoms with Gasteiger partial charge in [0.1, 0.15) is 0 Å². The van der Waals surface area contributed by atoms with Crippen LogP contribution >= 0.6 is 0 Å². The molecule has 0 aliphatic carbocycles. The molecule has 0 heterocycles. The number of carbonyl (C=O) groups excluding carboxylic acids is 1. The predicted octanol–water partition coefficient (Wildman–Crippen LogP) is 2.43. The molecular formula is C9H14O2. The van der Waals surface area contributed by atoms with Crippen molar-refractivity contribution in [3.8, 4) is 0 Å². The number of carbonyl (C=O) groups is 1. The van der Waals surface area contributed by atoms with Crippen molar-refractivity contribution in [2.75, 3.05) is 0 Å². The van der Waals surface area contributed by atoms with Gasteiger partial charge < -0.3 is 4.74 Å². The van der Waals surface area contributed by atoms with Gasteiger partial charge in [-0.15, -0.1) is 5.73 Å². The van der Waals surface area contributed by atoms with Crippen LogP contribution in [0.5, 0.6) is 0 Å². The minimum Gasteiger partial charge on any atom is -0.435 e. The fraction of sp³-hybridized carbons (Fsp3) is 0.333. The molecular weight excluding hydrogens is 140 g/mol. The normalized spacial score (nSPS) is 6.45. The fourth-order valence-corrected chi connectivity index (χ4v) is 0.117. The van der Waals surface area contributed by atoms with Crippen LogP contribution in [0.1, 0.15) is 20.8 Å². The molecule has 0 aromatic heterocycles. The van der Waals surface area contributed by atoms with Gasteiger partial charge in [-0.2, -0.15) is 0 Å². The summed E-state index contributed by atoms with van der Waals surface area (Å²) in [4.78, 5) is 9.75. The van der Waals surface area contributed by atoms with Crippen molar-refractivity contribution in [3.05, 3.63) is 30.7 Å². The number of allylic oxidation sites excluding steroid dienone is 1. The van der Waals surface area contributed by atoms with E-state index < -0.39 is 0 Å². The van der Waals surface area contributed by atoms with Gasteiger partial charge in [0.05, 0.1) is 6.26 Å². The Morgan fingerprint density at radius 2 is 1.82 bits per heavy atom. The average molecular weight is 154 g/mol. The smallest absolute Gasteiger partial charge is 0.307 e. The van der Waals surface area contributed by atoms with Gasteiger partial charge in [-0.1, -0.05) is 13.2 Å². The Hall–Kier alpha value is -1.27. The Kier molecular flexibility index (Phi) is 9.85. The molecule has 62 valence electrons. The van der Waals surface area contributed by atoms with Crippen LogP contribution in [0, 0.1) is 0 Å². The second-order valence-corrected chi connectivity index (χ2v) is 1.95. The first-order valence-corrected chi connectivity index (χ1v) is 3.16. The van der Waals surface area contributed by atoms with Gasteiger partial charge in [-0.25, -0.2) is 0 Å². The maximum absolute atomic E-state index is 9.75. The topological polar surface area (TPSA) is 26.3 Å². The van der Waals surface area contributed by atoms with E-state index in [2.05, 4.69) is 23.6 Å². The van der Waals surface area contributed by atoms with E-state index in [4.69, 9.17) is 0 Å². The number of hydrogen-bond acceptors (Lipinski definition) is 2. The van der Waals surface area contributed by atoms with Crippen LogP contribution in [-0.2, 0) is 9.53 Å². The number of ether oxygens (including phenoxy) is 1. The molecule has 0 atom stereocenters. The Balaban J connectivity index is 0. The molecule has 11 heavy (non-hydrogen) atoms. The van der Waals surface area contributed by atoms with E-state index in [9.17, 15) is 4.79 Å². The Morgan fingerprint density at radius 3 is 1.82 bits per heavy atom. The highest BCUT2D eigenvalue weighted by Gasteiger charge is 1.79. The predicted molar refractivity (Wildman–Crippen MR) is 46.0 cm³/mol. The number of esters is 1. The number of rotatable bonds is 1. The molecule has 0 aromatic carbocycles. The first-order valence-electron chi connectivity index (χ1n) is 3.16. The van der Waals surface area contributed by atoms with Crippen LogP contribution in [0.3, 0.4) is 0 Å². The van der Waals surface area contributed by atoms with E-state index in [1.54, 1.807) is 0 Å². The zero-order valence-electron chi connectivity index (χ0n) is 7.31. The summed E-state index contributed by atoms with van der Waals surface area (Å²) in [6.07, 6.45) is 1.10. The van der Waals surface area contributed by atoms with Gasteiger partial charge in [0.25, 0.3) is 0 Å². The van der Waals surface area contributed by atoms with E-state index in [1.807, 2.05) is 13.8 Å². The lowest BCUT2D eigenvalue weighted by atomic mass is 10.4. The van der Waals surface area contributed by atoms with Crippen LogP contribution in [0.2, 0.25) is 0 Å². The van der Waals surface area contributed by atoms with Crippen molar-refractivity contribution in [2.24, 2.45) is 0 Å². The fourth-order valence-electron chi connectivity index (χ4n) is 0.117. The van der Waals surface area contributed by atoms with Gasteiger partial charge in [-0.3, -0.25) is 4.79 Å². The molecule has 0 fully saturated rings. The van der Waals surface area contributed by atoms with Gasteiger partial charge in [0, 0.05) is 6.92 Å². The van der Waals surface area contributed by atoms with Crippen molar-refractivity contribution in [1.82, 2.24) is 0 Å². The zero-order chi connectivity index (χ0) is 9.28. The lowest BCUT2D eigenvalue weighted by Gasteiger charge is -1.83. The standard InChI is InChI=1S/C5H8.C4H6O2/c1-4-5(2)3;1-3-6-4(2)5/h1H2,2-3H3;3H,1H2,2H3. The molecule has 2 nitrogen and oxygen atoms in total. The molecule has 2 heteroatoms. The largest absolute Gasteiger partial charge is 0.435 e. The summed E-state index contributed by atoms with van der Waals surface area (Å²) in [6.45, 7) is 11.8. The Labute approximate surface area is 67.9 Å². The maximum Gasteiger partial charge on any atom is 0.307 e. The van der Waals surface area contributed by atoms with E-state index in [0.29, 0.717) is 0 Å². The first-order chi connectivity index (χ1) is 5.04. The zero-order valence-corrected chi connectivity index (χ0v) is 7.31. The van der Waals surface area contributed by atoms with E-state index in [-0.39, 0.29) is 5.97 Å². The molecule has 0 unspecified atom stereocenters. The molecule has 0 saturated carbocycles. The van der Waals surface area contributed by atoms with E-state index >= 15 is 0 Å². The molecule has 0 aliphatic rings. The third kappa shape index (κ3) is 28.4. The third-order valence-corrected chi connectivity index (χ3v) is 0.603. The van der Waals surface area contributed by atoms with E-state index in [0.717, 1.165) is 11.8 Å². The molecule has 0 saturated heterocycles. The summed E-state index contributed by atoms with van der Waals surface area (Å²) in [6, 6.07) is 0. The molecule has 0 N–H and O–H groups in total. The third-order valence-electron chi connectivity index (χ3n) is 0.603. The monoisotopic (exact) mass is 154 g/mol. The molecule has 0 radical (unpaired) electrons. The summed E-state index contributed by atoms with van der Waals surface area (Å²) < 4.78 is 4.17. The molecule has 0 bridgehead atoms. The second kappa shape index (κ2) is 8.73. The minimum atomic E-state index is -0.329. The number of hydrogen-bond donors (Lipinski definition) is 0. The summed E-state index contributed by atoms with van der Waals surface area (Å²) in [5, 5.41) is 0. The summed E-state index contributed by atoms with van der Waals surface area (Å²) in [7, 11) is 0. The van der Waals surface area contributed by atoms with Crippen LogP contribution in [-0.4, -0.2) is 5.97 Å². The molecule has 0 spiro atoms. The van der Waals surface area contributed by atoms with Crippen molar-refractivity contribution >= 4 is 5.97 Å². The lowest BCUT2D eigenvalue weighted by Crippen LogP contribution is -1.87. The van der Waals surface area contributed by atoms with Crippen molar-refractivity contribution in [2.45, 2.75) is 20.8 Å². The molecule has 0 aliphatic heterocycles. The van der Waals surface area contributed by atoms with Crippen molar-refractivity contribution < 1.29 is 9.53 Å². The molecule has 0 amide bonds. The highest BCUT2D eigenvalue weighted by Crippen LogP contribution is 1.77. The first kappa shape index (κ1) is 12.4. The van der Waals surface area contributed by atoms with Crippen LogP contribution < -0.4 is 0 Å². The van der Waals surface area contributed by atoms with Gasteiger partial charge in [0.2, 0.25) is 0 Å². The van der Waals surface area contributed by atoms with Crippen molar-refractivity contribution in [1.29, 1.82) is 0 Å². The van der Waals surface area contributed by atoms with Crippen LogP contribution in [0.4, 0.5) is 0 Å². The average Bonchev–Trinajstić information content (AvgIpc) is 1.89.